The lowest BCUT2D eigenvalue weighted by molar-refractivity contribution is -0.136. The number of hydrogen-bond acceptors (Lipinski definition) is 2. The molecule has 3 saturated carbocycles. The van der Waals surface area contributed by atoms with Gasteiger partial charge in [0.15, 0.2) is 0 Å². The zero-order valence-electron chi connectivity index (χ0n) is 13.6. The highest BCUT2D eigenvalue weighted by Gasteiger charge is 2.43. The van der Waals surface area contributed by atoms with Gasteiger partial charge in [-0.05, 0) is 75.5 Å². The number of carbonyl (C=O) groups excluding carboxylic acids is 1. The third-order valence-electron chi connectivity index (χ3n) is 6.94. The molecule has 6 atom stereocenters. The van der Waals surface area contributed by atoms with Gasteiger partial charge in [0.05, 0.1) is 0 Å². The van der Waals surface area contributed by atoms with E-state index in [0.29, 0.717) is 11.9 Å². The van der Waals surface area contributed by atoms with E-state index in [-0.39, 0.29) is 24.4 Å². The average molecular weight is 327 g/mol. The highest BCUT2D eigenvalue weighted by atomic mass is 35.5. The summed E-state index contributed by atoms with van der Waals surface area (Å²) in [6.45, 7) is 1.01. The molecule has 4 rings (SSSR count). The van der Waals surface area contributed by atoms with Gasteiger partial charge >= 0.3 is 0 Å². The summed E-state index contributed by atoms with van der Waals surface area (Å²) in [5, 5.41) is 0. The topological polar surface area (TPSA) is 46.3 Å². The number of nitrogens with two attached hydrogens (primary N) is 1. The predicted molar refractivity (Wildman–Crippen MR) is 90.9 cm³/mol. The van der Waals surface area contributed by atoms with Gasteiger partial charge in [0.25, 0.3) is 0 Å². The Balaban J connectivity index is 0.00000144. The fraction of sp³-hybridized carbons (Fsp3) is 0.944. The molecule has 4 fully saturated rings. The minimum absolute atomic E-state index is 0. The van der Waals surface area contributed by atoms with Crippen LogP contribution in [0.15, 0.2) is 0 Å². The van der Waals surface area contributed by atoms with Gasteiger partial charge in [-0.2, -0.15) is 0 Å². The summed E-state index contributed by atoms with van der Waals surface area (Å²) >= 11 is 0. The van der Waals surface area contributed by atoms with Gasteiger partial charge in [-0.15, -0.1) is 12.4 Å². The molecule has 0 aromatic carbocycles. The normalized spacial score (nSPS) is 43.6. The zero-order chi connectivity index (χ0) is 14.4. The molecule has 0 radical (unpaired) electrons. The molecule has 0 aromatic heterocycles. The second-order valence-electron chi connectivity index (χ2n) is 8.27. The van der Waals surface area contributed by atoms with Gasteiger partial charge in [0.2, 0.25) is 5.91 Å². The van der Waals surface area contributed by atoms with Crippen LogP contribution in [0.5, 0.6) is 0 Å². The summed E-state index contributed by atoms with van der Waals surface area (Å²) in [5.41, 5.74) is 6.00. The molecule has 1 heterocycles. The minimum Gasteiger partial charge on any atom is -0.339 e. The molecule has 2 N–H and O–H groups in total. The molecule has 0 aromatic rings. The first-order chi connectivity index (χ1) is 10.2. The molecular formula is C18H31ClN2O. The summed E-state index contributed by atoms with van der Waals surface area (Å²) in [5.74, 6) is 3.62. The van der Waals surface area contributed by atoms with E-state index in [2.05, 4.69) is 4.90 Å². The molecule has 3 nitrogen and oxygen atoms in total. The van der Waals surface area contributed by atoms with Crippen molar-refractivity contribution in [3.8, 4) is 0 Å². The van der Waals surface area contributed by atoms with Gasteiger partial charge < -0.3 is 10.6 Å². The van der Waals surface area contributed by atoms with Crippen LogP contribution in [-0.2, 0) is 4.79 Å². The van der Waals surface area contributed by atoms with Crippen molar-refractivity contribution < 1.29 is 4.79 Å². The molecule has 1 amide bonds. The Labute approximate surface area is 140 Å². The van der Waals surface area contributed by atoms with Crippen LogP contribution in [0.4, 0.5) is 0 Å². The van der Waals surface area contributed by atoms with E-state index in [1.54, 1.807) is 0 Å². The first kappa shape index (κ1) is 16.6. The molecule has 6 unspecified atom stereocenters. The van der Waals surface area contributed by atoms with E-state index in [4.69, 9.17) is 5.73 Å². The standard InChI is InChI=1S/C18H30N2O.ClH/c19-16-6-5-14(10-16)18(21)20-7-1-2-17(20)11-15-9-12-3-4-13(15)8-12;/h12-17H,1-11,19H2;1H. The SMILES string of the molecule is Cl.NC1CCC(C(=O)N2CCCC2CC2CC3CCC2C3)C1. The molecule has 22 heavy (non-hydrogen) atoms. The maximum atomic E-state index is 12.8. The van der Waals surface area contributed by atoms with Crippen LogP contribution in [0.3, 0.4) is 0 Å². The Bertz CT molecular complexity index is 416. The van der Waals surface area contributed by atoms with Crippen molar-refractivity contribution in [3.05, 3.63) is 0 Å². The second-order valence-corrected chi connectivity index (χ2v) is 8.27. The van der Waals surface area contributed by atoms with Crippen LogP contribution in [0.25, 0.3) is 0 Å². The Morgan fingerprint density at radius 3 is 2.55 bits per heavy atom. The first-order valence-corrected chi connectivity index (χ1v) is 9.26. The molecule has 4 aliphatic rings. The van der Waals surface area contributed by atoms with Crippen LogP contribution in [0.1, 0.15) is 64.2 Å². The third kappa shape index (κ3) is 3.03. The van der Waals surface area contributed by atoms with Crippen molar-refractivity contribution in [2.75, 3.05) is 6.54 Å². The lowest BCUT2D eigenvalue weighted by Gasteiger charge is -2.32. The maximum Gasteiger partial charge on any atom is 0.225 e. The lowest BCUT2D eigenvalue weighted by atomic mass is 9.83. The molecule has 2 bridgehead atoms. The molecule has 3 aliphatic carbocycles. The summed E-state index contributed by atoms with van der Waals surface area (Å²) in [4.78, 5) is 15.1. The van der Waals surface area contributed by atoms with Gasteiger partial charge in [-0.3, -0.25) is 4.79 Å². The van der Waals surface area contributed by atoms with Crippen molar-refractivity contribution in [1.82, 2.24) is 4.90 Å². The number of nitrogens with zero attached hydrogens (tertiary/aromatic N) is 1. The largest absolute Gasteiger partial charge is 0.339 e. The van der Waals surface area contributed by atoms with Crippen molar-refractivity contribution in [1.29, 1.82) is 0 Å². The Morgan fingerprint density at radius 1 is 1.05 bits per heavy atom. The predicted octanol–water partition coefficient (Wildman–Crippen LogP) is 3.35. The molecule has 1 saturated heterocycles. The Morgan fingerprint density at radius 2 is 1.91 bits per heavy atom. The van der Waals surface area contributed by atoms with Crippen LogP contribution >= 0.6 is 12.4 Å². The van der Waals surface area contributed by atoms with Crippen molar-refractivity contribution in [2.24, 2.45) is 29.4 Å². The number of halogens is 1. The van der Waals surface area contributed by atoms with Crippen LogP contribution < -0.4 is 5.73 Å². The number of rotatable bonds is 3. The molecular weight excluding hydrogens is 296 g/mol. The van der Waals surface area contributed by atoms with Crippen molar-refractivity contribution in [2.45, 2.75) is 76.3 Å². The highest BCUT2D eigenvalue weighted by Crippen LogP contribution is 2.50. The summed E-state index contributed by atoms with van der Waals surface area (Å²) < 4.78 is 0. The van der Waals surface area contributed by atoms with Gasteiger partial charge in [0, 0.05) is 24.5 Å². The molecule has 4 heteroatoms. The highest BCUT2D eigenvalue weighted by molar-refractivity contribution is 5.85. The molecule has 1 aliphatic heterocycles. The zero-order valence-corrected chi connectivity index (χ0v) is 14.4. The van der Waals surface area contributed by atoms with Gasteiger partial charge in [-0.25, -0.2) is 0 Å². The number of amides is 1. The lowest BCUT2D eigenvalue weighted by Crippen LogP contribution is -2.40. The van der Waals surface area contributed by atoms with E-state index < -0.39 is 0 Å². The van der Waals surface area contributed by atoms with E-state index in [9.17, 15) is 4.79 Å². The quantitative estimate of drug-likeness (QED) is 0.864. The summed E-state index contributed by atoms with van der Waals surface area (Å²) in [6.07, 6.45) is 12.6. The fourth-order valence-electron chi connectivity index (χ4n) is 5.86. The van der Waals surface area contributed by atoms with Crippen LogP contribution in [0, 0.1) is 23.7 Å². The average Bonchev–Trinajstić information content (AvgIpc) is 3.21. The first-order valence-electron chi connectivity index (χ1n) is 9.26. The minimum atomic E-state index is 0. The number of hydrogen-bond donors (Lipinski definition) is 1. The van der Waals surface area contributed by atoms with Crippen LogP contribution in [-0.4, -0.2) is 29.4 Å². The van der Waals surface area contributed by atoms with Gasteiger partial charge in [-0.1, -0.05) is 6.42 Å². The molecule has 126 valence electrons. The fourth-order valence-corrected chi connectivity index (χ4v) is 5.86. The second kappa shape index (κ2) is 6.68. The number of likely N-dealkylation sites (tertiary alicyclic amines) is 1. The van der Waals surface area contributed by atoms with Crippen molar-refractivity contribution in [3.63, 3.8) is 0 Å². The monoisotopic (exact) mass is 326 g/mol. The summed E-state index contributed by atoms with van der Waals surface area (Å²) in [6, 6.07) is 0.823. The molecule has 0 spiro atoms. The Kier molecular flexibility index (Phi) is 5.04. The number of fused-ring (bicyclic) bond motifs is 2. The van der Waals surface area contributed by atoms with E-state index in [1.165, 1.54) is 44.9 Å². The summed E-state index contributed by atoms with van der Waals surface area (Å²) in [7, 11) is 0. The van der Waals surface area contributed by atoms with E-state index in [1.807, 2.05) is 0 Å². The third-order valence-corrected chi connectivity index (χ3v) is 6.94. The van der Waals surface area contributed by atoms with E-state index in [0.717, 1.165) is 43.6 Å². The van der Waals surface area contributed by atoms with Crippen molar-refractivity contribution >= 4 is 18.3 Å². The van der Waals surface area contributed by atoms with Gasteiger partial charge in [0.1, 0.15) is 0 Å². The smallest absolute Gasteiger partial charge is 0.225 e. The van der Waals surface area contributed by atoms with Crippen LogP contribution in [0.2, 0.25) is 0 Å². The van der Waals surface area contributed by atoms with E-state index >= 15 is 0 Å². The number of carbonyl (C=O) groups is 1. The maximum absolute atomic E-state index is 12.8. The Hall–Kier alpha value is -0.280.